The molecule has 0 aliphatic heterocycles. The third-order valence-corrected chi connectivity index (χ3v) is 3.34. The molecule has 0 saturated heterocycles. The number of aliphatic hydroxyl groups excluding tert-OH is 1. The standard InChI is InChI=1S/C18H12N2O5/c21-14(8-6-12-4-2-1-3-5-12)11-16-18(22)25-17-10-13(20(23)24)7-9-15(17)19-16/h1-11,21H/b8-6+,14-11?. The van der Waals surface area contributed by atoms with Gasteiger partial charge in [-0.3, -0.25) is 10.1 Å². The monoisotopic (exact) mass is 336 g/mol. The maximum Gasteiger partial charge on any atom is 0.362 e. The Morgan fingerprint density at radius 1 is 1.20 bits per heavy atom. The Balaban J connectivity index is 1.94. The average Bonchev–Trinajstić information content (AvgIpc) is 2.61. The summed E-state index contributed by atoms with van der Waals surface area (Å²) in [7, 11) is 0. The van der Waals surface area contributed by atoms with Crippen molar-refractivity contribution in [2.75, 3.05) is 0 Å². The lowest BCUT2D eigenvalue weighted by atomic mass is 10.2. The van der Waals surface area contributed by atoms with E-state index >= 15 is 0 Å². The van der Waals surface area contributed by atoms with Gasteiger partial charge in [-0.1, -0.05) is 36.4 Å². The lowest BCUT2D eigenvalue weighted by molar-refractivity contribution is -0.384. The predicted molar refractivity (Wildman–Crippen MR) is 93.0 cm³/mol. The Kier molecular flexibility index (Phi) is 4.38. The van der Waals surface area contributed by atoms with Gasteiger partial charge < -0.3 is 9.52 Å². The van der Waals surface area contributed by atoms with Crippen LogP contribution in [0.1, 0.15) is 11.3 Å². The molecule has 25 heavy (non-hydrogen) atoms. The Labute approximate surface area is 141 Å². The van der Waals surface area contributed by atoms with Crippen molar-refractivity contribution < 1.29 is 14.4 Å². The number of nitrogens with zero attached hydrogens (tertiary/aromatic N) is 2. The van der Waals surface area contributed by atoms with Crippen molar-refractivity contribution >= 4 is 28.9 Å². The number of nitro groups is 1. The molecule has 0 unspecified atom stereocenters. The minimum Gasteiger partial charge on any atom is -0.508 e. The molecule has 0 fully saturated rings. The van der Waals surface area contributed by atoms with Crippen LogP contribution in [-0.2, 0) is 0 Å². The number of hydrogen-bond acceptors (Lipinski definition) is 6. The Bertz CT molecular complexity index is 1050. The van der Waals surface area contributed by atoms with Crippen molar-refractivity contribution in [3.63, 3.8) is 0 Å². The number of aromatic nitrogens is 1. The van der Waals surface area contributed by atoms with Gasteiger partial charge in [-0.2, -0.15) is 0 Å². The van der Waals surface area contributed by atoms with Gasteiger partial charge in [-0.05, 0) is 17.7 Å². The zero-order chi connectivity index (χ0) is 17.8. The normalized spacial score (nSPS) is 11.9. The first-order valence-electron chi connectivity index (χ1n) is 7.26. The third kappa shape index (κ3) is 3.78. The van der Waals surface area contributed by atoms with E-state index in [9.17, 15) is 20.0 Å². The van der Waals surface area contributed by atoms with Crippen LogP contribution in [0.25, 0.3) is 23.3 Å². The van der Waals surface area contributed by atoms with E-state index in [-0.39, 0.29) is 28.2 Å². The van der Waals surface area contributed by atoms with Gasteiger partial charge in [0.15, 0.2) is 11.3 Å². The van der Waals surface area contributed by atoms with Crippen molar-refractivity contribution in [2.45, 2.75) is 0 Å². The molecule has 0 aliphatic rings. The number of allylic oxidation sites excluding steroid dienone is 1. The molecular weight excluding hydrogens is 324 g/mol. The van der Waals surface area contributed by atoms with Crippen molar-refractivity contribution in [3.05, 3.63) is 92.2 Å². The first-order chi connectivity index (χ1) is 12.0. The van der Waals surface area contributed by atoms with E-state index < -0.39 is 10.5 Å². The van der Waals surface area contributed by atoms with E-state index in [1.807, 2.05) is 30.3 Å². The van der Waals surface area contributed by atoms with E-state index in [2.05, 4.69) is 4.98 Å². The molecule has 2 aromatic carbocycles. The molecule has 1 N–H and O–H groups in total. The third-order valence-electron chi connectivity index (χ3n) is 3.34. The Hall–Kier alpha value is -3.74. The molecule has 0 atom stereocenters. The second-order valence-corrected chi connectivity index (χ2v) is 5.11. The van der Waals surface area contributed by atoms with E-state index in [4.69, 9.17) is 4.42 Å². The van der Waals surface area contributed by atoms with Crippen LogP contribution >= 0.6 is 0 Å². The second-order valence-electron chi connectivity index (χ2n) is 5.11. The van der Waals surface area contributed by atoms with Crippen LogP contribution in [0.5, 0.6) is 0 Å². The summed E-state index contributed by atoms with van der Waals surface area (Å²) < 4.78 is 5.04. The first kappa shape index (κ1) is 16.1. The highest BCUT2D eigenvalue weighted by atomic mass is 16.6. The van der Waals surface area contributed by atoms with Gasteiger partial charge in [0, 0.05) is 12.1 Å². The summed E-state index contributed by atoms with van der Waals surface area (Å²) in [4.78, 5) is 26.2. The van der Waals surface area contributed by atoms with E-state index in [0.717, 1.165) is 11.6 Å². The molecule has 3 rings (SSSR count). The molecule has 0 saturated carbocycles. The van der Waals surface area contributed by atoms with Crippen LogP contribution in [0.2, 0.25) is 0 Å². The Morgan fingerprint density at radius 3 is 2.68 bits per heavy atom. The zero-order valence-electron chi connectivity index (χ0n) is 12.8. The predicted octanol–water partition coefficient (Wildman–Crippen LogP) is 3.71. The summed E-state index contributed by atoms with van der Waals surface area (Å²) in [5.74, 6) is -0.176. The minimum atomic E-state index is -0.798. The maximum absolute atomic E-state index is 11.9. The molecule has 0 spiro atoms. The quantitative estimate of drug-likeness (QED) is 0.337. The fourth-order valence-corrected chi connectivity index (χ4v) is 2.14. The number of fused-ring (bicyclic) bond motifs is 1. The van der Waals surface area contributed by atoms with Crippen LogP contribution in [0, 0.1) is 10.1 Å². The van der Waals surface area contributed by atoms with Crippen LogP contribution in [0.15, 0.2) is 69.6 Å². The molecule has 0 amide bonds. The number of non-ortho nitro benzene ring substituents is 1. The molecule has 7 heteroatoms. The fraction of sp³-hybridized carbons (Fsp3) is 0. The summed E-state index contributed by atoms with van der Waals surface area (Å²) >= 11 is 0. The van der Waals surface area contributed by atoms with Crippen LogP contribution < -0.4 is 5.63 Å². The molecule has 1 aromatic heterocycles. The van der Waals surface area contributed by atoms with E-state index in [0.29, 0.717) is 0 Å². The lowest BCUT2D eigenvalue weighted by Crippen LogP contribution is -2.06. The number of nitro benzene ring substituents is 1. The van der Waals surface area contributed by atoms with Crippen molar-refractivity contribution in [3.8, 4) is 0 Å². The summed E-state index contributed by atoms with van der Waals surface area (Å²) in [5, 5.41) is 20.7. The van der Waals surface area contributed by atoms with Gasteiger partial charge in [-0.25, -0.2) is 9.78 Å². The molecule has 0 radical (unpaired) electrons. The lowest BCUT2D eigenvalue weighted by Gasteiger charge is -1.98. The second kappa shape index (κ2) is 6.79. The fourth-order valence-electron chi connectivity index (χ4n) is 2.14. The molecule has 0 aliphatic carbocycles. The van der Waals surface area contributed by atoms with Crippen molar-refractivity contribution in [1.29, 1.82) is 0 Å². The maximum atomic E-state index is 11.9. The molecule has 1 heterocycles. The highest BCUT2D eigenvalue weighted by Gasteiger charge is 2.11. The van der Waals surface area contributed by atoms with Gasteiger partial charge in [0.2, 0.25) is 0 Å². The van der Waals surface area contributed by atoms with Gasteiger partial charge in [0.25, 0.3) is 5.69 Å². The minimum absolute atomic E-state index is 0.00988. The first-order valence-corrected chi connectivity index (χ1v) is 7.26. The van der Waals surface area contributed by atoms with Gasteiger partial charge in [0.05, 0.1) is 11.0 Å². The smallest absolute Gasteiger partial charge is 0.362 e. The summed E-state index contributed by atoms with van der Waals surface area (Å²) in [5.41, 5.74) is 0.0684. The van der Waals surface area contributed by atoms with E-state index in [1.165, 1.54) is 24.3 Å². The van der Waals surface area contributed by atoms with Crippen molar-refractivity contribution in [2.24, 2.45) is 0 Å². The van der Waals surface area contributed by atoms with Gasteiger partial charge in [-0.15, -0.1) is 0 Å². The largest absolute Gasteiger partial charge is 0.508 e. The molecular formula is C18H12N2O5. The summed E-state index contributed by atoms with van der Waals surface area (Å²) in [6.07, 6.45) is 4.28. The average molecular weight is 336 g/mol. The SMILES string of the molecule is O=c1oc2cc([N+](=O)[O-])ccc2nc1C=C(O)/C=C/c1ccccc1. The highest BCUT2D eigenvalue weighted by molar-refractivity contribution is 5.75. The van der Waals surface area contributed by atoms with Crippen LogP contribution in [0.3, 0.4) is 0 Å². The molecule has 124 valence electrons. The Morgan fingerprint density at radius 2 is 1.96 bits per heavy atom. The van der Waals surface area contributed by atoms with Crippen molar-refractivity contribution in [1.82, 2.24) is 4.98 Å². The molecule has 7 nitrogen and oxygen atoms in total. The summed E-state index contributed by atoms with van der Waals surface area (Å²) in [6.45, 7) is 0. The topological polar surface area (TPSA) is 106 Å². The van der Waals surface area contributed by atoms with Crippen LogP contribution in [-0.4, -0.2) is 15.0 Å². The zero-order valence-corrected chi connectivity index (χ0v) is 12.8. The number of rotatable bonds is 4. The van der Waals surface area contributed by atoms with Gasteiger partial charge >= 0.3 is 5.63 Å². The number of benzene rings is 2. The van der Waals surface area contributed by atoms with Gasteiger partial charge in [0.1, 0.15) is 11.3 Å². The summed E-state index contributed by atoms with van der Waals surface area (Å²) in [6, 6.07) is 13.1. The molecule has 3 aromatic rings. The number of hydrogen-bond donors (Lipinski definition) is 1. The van der Waals surface area contributed by atoms with E-state index in [1.54, 1.807) is 6.08 Å². The highest BCUT2D eigenvalue weighted by Crippen LogP contribution is 2.18. The van der Waals surface area contributed by atoms with Crippen LogP contribution in [0.4, 0.5) is 5.69 Å². The molecule has 0 bridgehead atoms. The number of aliphatic hydroxyl groups is 1.